The summed E-state index contributed by atoms with van der Waals surface area (Å²) in [5.74, 6) is -0.752. The van der Waals surface area contributed by atoms with Gasteiger partial charge in [-0.25, -0.2) is 4.98 Å². The van der Waals surface area contributed by atoms with Crippen molar-refractivity contribution in [1.82, 2.24) is 9.88 Å². The van der Waals surface area contributed by atoms with E-state index in [2.05, 4.69) is 10.3 Å². The Morgan fingerprint density at radius 3 is 2.75 bits per heavy atom. The molecule has 1 aliphatic heterocycles. The van der Waals surface area contributed by atoms with Gasteiger partial charge < -0.3 is 15.0 Å². The van der Waals surface area contributed by atoms with Gasteiger partial charge in [-0.2, -0.15) is 13.2 Å². The largest absolute Gasteiger partial charge is 0.433 e. The summed E-state index contributed by atoms with van der Waals surface area (Å²) in [5, 5.41) is 2.44. The molecular formula is C15H18F3N3O3. The van der Waals surface area contributed by atoms with Crippen LogP contribution in [0.2, 0.25) is 0 Å². The summed E-state index contributed by atoms with van der Waals surface area (Å²) in [4.78, 5) is 28.9. The first-order chi connectivity index (χ1) is 11.3. The highest BCUT2D eigenvalue weighted by Crippen LogP contribution is 2.27. The number of carbonyl (C=O) groups is 2. The highest BCUT2D eigenvalue weighted by molar-refractivity contribution is 5.95. The number of nitrogens with zero attached hydrogens (tertiary/aromatic N) is 2. The minimum atomic E-state index is -4.53. The Labute approximate surface area is 137 Å². The van der Waals surface area contributed by atoms with Crippen LogP contribution in [-0.2, 0) is 20.5 Å². The Morgan fingerprint density at radius 1 is 1.42 bits per heavy atom. The fraction of sp³-hybridized carbons (Fsp3) is 0.533. The molecule has 0 aliphatic carbocycles. The SMILES string of the molecule is COC1CCCCN(CC(=O)Nc2ccc(C(F)(F)F)nc2)C1=O. The van der Waals surface area contributed by atoms with Gasteiger partial charge in [0, 0.05) is 13.7 Å². The first-order valence-corrected chi connectivity index (χ1v) is 7.46. The van der Waals surface area contributed by atoms with Gasteiger partial charge in [0.05, 0.1) is 18.4 Å². The molecule has 1 aromatic heterocycles. The van der Waals surface area contributed by atoms with Crippen molar-refractivity contribution in [1.29, 1.82) is 0 Å². The van der Waals surface area contributed by atoms with Crippen LogP contribution in [-0.4, -0.2) is 48.0 Å². The number of amides is 2. The van der Waals surface area contributed by atoms with Gasteiger partial charge in [0.2, 0.25) is 5.91 Å². The summed E-state index contributed by atoms with van der Waals surface area (Å²) >= 11 is 0. The quantitative estimate of drug-likeness (QED) is 0.907. The van der Waals surface area contributed by atoms with E-state index in [0.29, 0.717) is 13.0 Å². The minimum Gasteiger partial charge on any atom is -0.372 e. The third kappa shape index (κ3) is 4.67. The number of halogens is 3. The van der Waals surface area contributed by atoms with Crippen molar-refractivity contribution >= 4 is 17.5 Å². The Balaban J connectivity index is 1.96. The predicted molar refractivity (Wildman–Crippen MR) is 79.1 cm³/mol. The smallest absolute Gasteiger partial charge is 0.372 e. The van der Waals surface area contributed by atoms with Crippen LogP contribution in [0.25, 0.3) is 0 Å². The van der Waals surface area contributed by atoms with Gasteiger partial charge in [-0.1, -0.05) is 0 Å². The molecule has 0 radical (unpaired) electrons. The number of carbonyl (C=O) groups excluding carboxylic acids is 2. The summed E-state index contributed by atoms with van der Waals surface area (Å²) in [7, 11) is 1.44. The molecule has 6 nitrogen and oxygen atoms in total. The highest BCUT2D eigenvalue weighted by Gasteiger charge is 2.32. The monoisotopic (exact) mass is 345 g/mol. The number of hydrogen-bond donors (Lipinski definition) is 1. The summed E-state index contributed by atoms with van der Waals surface area (Å²) in [6.45, 7) is 0.261. The maximum absolute atomic E-state index is 12.4. The number of ether oxygens (including phenoxy) is 1. The van der Waals surface area contributed by atoms with Gasteiger partial charge in [0.15, 0.2) is 0 Å². The molecule has 0 aromatic carbocycles. The molecule has 1 N–H and O–H groups in total. The Bertz CT molecular complexity index is 590. The van der Waals surface area contributed by atoms with Crippen molar-refractivity contribution in [2.75, 3.05) is 25.5 Å². The van der Waals surface area contributed by atoms with Gasteiger partial charge in [0.1, 0.15) is 11.8 Å². The molecule has 1 atom stereocenters. The van der Waals surface area contributed by atoms with Gasteiger partial charge in [0.25, 0.3) is 5.91 Å². The third-order valence-corrected chi connectivity index (χ3v) is 3.69. The topological polar surface area (TPSA) is 71.5 Å². The van der Waals surface area contributed by atoms with Crippen molar-refractivity contribution in [3.63, 3.8) is 0 Å². The number of pyridine rings is 1. The van der Waals surface area contributed by atoms with Crippen molar-refractivity contribution < 1.29 is 27.5 Å². The average molecular weight is 345 g/mol. The molecule has 2 rings (SSSR count). The zero-order chi connectivity index (χ0) is 17.7. The fourth-order valence-electron chi connectivity index (χ4n) is 2.45. The predicted octanol–water partition coefficient (Wildman–Crippen LogP) is 2.07. The normalized spacial score (nSPS) is 19.1. The van der Waals surface area contributed by atoms with Gasteiger partial charge >= 0.3 is 6.18 Å². The van der Waals surface area contributed by atoms with E-state index < -0.39 is 23.9 Å². The number of aromatic nitrogens is 1. The number of methoxy groups -OCH3 is 1. The molecule has 2 amide bonds. The second-order valence-electron chi connectivity index (χ2n) is 5.46. The maximum atomic E-state index is 12.4. The van der Waals surface area contributed by atoms with E-state index in [-0.39, 0.29) is 18.1 Å². The molecule has 0 spiro atoms. The first-order valence-electron chi connectivity index (χ1n) is 7.46. The molecular weight excluding hydrogens is 327 g/mol. The van der Waals surface area contributed by atoms with Crippen molar-refractivity contribution in [3.8, 4) is 0 Å². The van der Waals surface area contributed by atoms with Crippen LogP contribution >= 0.6 is 0 Å². The highest BCUT2D eigenvalue weighted by atomic mass is 19.4. The summed E-state index contributed by atoms with van der Waals surface area (Å²) in [5.41, 5.74) is -0.898. The number of anilines is 1. The number of nitrogens with one attached hydrogen (secondary N) is 1. The molecule has 1 aromatic rings. The zero-order valence-electron chi connectivity index (χ0n) is 13.1. The lowest BCUT2D eigenvalue weighted by Crippen LogP contribution is -2.43. The van der Waals surface area contributed by atoms with E-state index in [0.717, 1.165) is 31.2 Å². The number of alkyl halides is 3. The molecule has 1 aliphatic rings. The van der Waals surface area contributed by atoms with E-state index in [9.17, 15) is 22.8 Å². The number of likely N-dealkylation sites (tertiary alicyclic amines) is 1. The van der Waals surface area contributed by atoms with Crippen LogP contribution in [0, 0.1) is 0 Å². The standard InChI is InChI=1S/C15H18F3N3O3/c1-24-11-4-2-3-7-21(14(11)23)9-13(22)20-10-5-6-12(19-8-10)15(16,17)18/h5-6,8,11H,2-4,7,9H2,1H3,(H,20,22). The van der Waals surface area contributed by atoms with Crippen LogP contribution in [0.3, 0.4) is 0 Å². The maximum Gasteiger partial charge on any atom is 0.433 e. The fourth-order valence-corrected chi connectivity index (χ4v) is 2.45. The summed E-state index contributed by atoms with van der Waals surface area (Å²) in [6.07, 6.45) is -1.96. The second-order valence-corrected chi connectivity index (χ2v) is 5.46. The molecule has 0 saturated carbocycles. The summed E-state index contributed by atoms with van der Waals surface area (Å²) < 4.78 is 42.4. The van der Waals surface area contributed by atoms with Crippen LogP contribution in [0.1, 0.15) is 25.0 Å². The lowest BCUT2D eigenvalue weighted by Gasteiger charge is -2.23. The van der Waals surface area contributed by atoms with E-state index in [1.165, 1.54) is 12.0 Å². The van der Waals surface area contributed by atoms with Crippen LogP contribution in [0.5, 0.6) is 0 Å². The molecule has 132 valence electrons. The number of rotatable bonds is 4. The molecule has 9 heteroatoms. The summed E-state index contributed by atoms with van der Waals surface area (Å²) in [6, 6.07) is 1.91. The average Bonchev–Trinajstić information content (AvgIpc) is 2.69. The Morgan fingerprint density at radius 2 is 2.17 bits per heavy atom. The lowest BCUT2D eigenvalue weighted by molar-refractivity contribution is -0.143. The van der Waals surface area contributed by atoms with Gasteiger partial charge in [-0.3, -0.25) is 9.59 Å². The Kier molecular flexibility index (Phi) is 5.76. The number of hydrogen-bond acceptors (Lipinski definition) is 4. The van der Waals surface area contributed by atoms with Crippen LogP contribution in [0.15, 0.2) is 18.3 Å². The van der Waals surface area contributed by atoms with Crippen LogP contribution in [0.4, 0.5) is 18.9 Å². The lowest BCUT2D eigenvalue weighted by atomic mass is 10.2. The molecule has 1 unspecified atom stereocenters. The Hall–Kier alpha value is -2.16. The van der Waals surface area contributed by atoms with Crippen molar-refractivity contribution in [2.24, 2.45) is 0 Å². The van der Waals surface area contributed by atoms with Gasteiger partial charge in [-0.15, -0.1) is 0 Å². The third-order valence-electron chi connectivity index (χ3n) is 3.69. The van der Waals surface area contributed by atoms with Gasteiger partial charge in [-0.05, 0) is 31.4 Å². The minimum absolute atomic E-state index is 0.138. The first kappa shape index (κ1) is 18.2. The van der Waals surface area contributed by atoms with E-state index >= 15 is 0 Å². The molecule has 2 heterocycles. The van der Waals surface area contributed by atoms with E-state index in [1.807, 2.05) is 0 Å². The zero-order valence-corrected chi connectivity index (χ0v) is 13.1. The molecule has 0 bridgehead atoms. The molecule has 1 fully saturated rings. The van der Waals surface area contributed by atoms with Crippen LogP contribution < -0.4 is 5.32 Å². The van der Waals surface area contributed by atoms with Crippen molar-refractivity contribution in [3.05, 3.63) is 24.0 Å². The van der Waals surface area contributed by atoms with E-state index in [1.54, 1.807) is 0 Å². The van der Waals surface area contributed by atoms with Crippen molar-refractivity contribution in [2.45, 2.75) is 31.5 Å². The molecule has 24 heavy (non-hydrogen) atoms. The molecule has 1 saturated heterocycles. The van der Waals surface area contributed by atoms with E-state index in [4.69, 9.17) is 4.74 Å². The second kappa shape index (κ2) is 7.61.